The summed E-state index contributed by atoms with van der Waals surface area (Å²) < 4.78 is 0. The standard InChI is InChI=1S/C17H33N/c1-6-13-18-16(8-7-14(2)3)15-9-11-17(4,5)12-10-15/h15-16,18H,2,6-13H2,1,3-5H3. The van der Waals surface area contributed by atoms with Crippen LogP contribution in [0.3, 0.4) is 0 Å². The SMILES string of the molecule is C=C(C)CCC(NCCC)C1CCC(C)(C)CC1. The maximum atomic E-state index is 4.05. The molecular weight excluding hydrogens is 218 g/mol. The molecule has 1 N–H and O–H groups in total. The molecule has 106 valence electrons. The number of rotatable bonds is 7. The van der Waals surface area contributed by atoms with Gasteiger partial charge in [0.25, 0.3) is 0 Å². The molecule has 1 aliphatic carbocycles. The van der Waals surface area contributed by atoms with Crippen molar-refractivity contribution in [2.45, 2.75) is 78.7 Å². The van der Waals surface area contributed by atoms with Gasteiger partial charge in [-0.05, 0) is 69.7 Å². The van der Waals surface area contributed by atoms with Crippen LogP contribution in [0, 0.1) is 11.3 Å². The largest absolute Gasteiger partial charge is 0.314 e. The number of allylic oxidation sites excluding steroid dienone is 1. The topological polar surface area (TPSA) is 12.0 Å². The first kappa shape index (κ1) is 15.8. The third-order valence-electron chi connectivity index (χ3n) is 4.49. The predicted octanol–water partition coefficient (Wildman–Crippen LogP) is 4.93. The molecule has 0 bridgehead atoms. The first-order valence-corrected chi connectivity index (χ1v) is 7.82. The third-order valence-corrected chi connectivity index (χ3v) is 4.49. The maximum Gasteiger partial charge on any atom is 0.00983 e. The average molecular weight is 251 g/mol. The summed E-state index contributed by atoms with van der Waals surface area (Å²) in [6.45, 7) is 14.5. The van der Waals surface area contributed by atoms with Gasteiger partial charge in [0, 0.05) is 6.04 Å². The smallest absolute Gasteiger partial charge is 0.00983 e. The zero-order valence-corrected chi connectivity index (χ0v) is 13.0. The molecule has 0 aliphatic heterocycles. The molecule has 0 aromatic carbocycles. The molecule has 0 aromatic rings. The van der Waals surface area contributed by atoms with Crippen LogP contribution in [0.2, 0.25) is 0 Å². The van der Waals surface area contributed by atoms with Crippen LogP contribution < -0.4 is 5.32 Å². The van der Waals surface area contributed by atoms with Crippen LogP contribution in [0.25, 0.3) is 0 Å². The van der Waals surface area contributed by atoms with Gasteiger partial charge in [-0.25, -0.2) is 0 Å². The second kappa shape index (κ2) is 7.33. The van der Waals surface area contributed by atoms with Crippen molar-refractivity contribution in [3.63, 3.8) is 0 Å². The summed E-state index contributed by atoms with van der Waals surface area (Å²) in [5, 5.41) is 3.78. The van der Waals surface area contributed by atoms with Crippen molar-refractivity contribution < 1.29 is 0 Å². The maximum absolute atomic E-state index is 4.05. The van der Waals surface area contributed by atoms with E-state index in [0.717, 1.165) is 12.0 Å². The van der Waals surface area contributed by atoms with Crippen molar-refractivity contribution in [3.8, 4) is 0 Å². The van der Waals surface area contributed by atoms with Gasteiger partial charge in [0.2, 0.25) is 0 Å². The van der Waals surface area contributed by atoms with Crippen LogP contribution in [0.5, 0.6) is 0 Å². The van der Waals surface area contributed by atoms with E-state index in [4.69, 9.17) is 0 Å². The van der Waals surface area contributed by atoms with E-state index >= 15 is 0 Å². The minimum Gasteiger partial charge on any atom is -0.314 e. The summed E-state index contributed by atoms with van der Waals surface area (Å²) in [5.74, 6) is 0.893. The van der Waals surface area contributed by atoms with Gasteiger partial charge in [-0.2, -0.15) is 0 Å². The van der Waals surface area contributed by atoms with Crippen molar-refractivity contribution in [2.24, 2.45) is 11.3 Å². The second-order valence-electron chi connectivity index (χ2n) is 7.06. The Bertz CT molecular complexity index is 244. The molecule has 0 aromatic heterocycles. The van der Waals surface area contributed by atoms with E-state index in [2.05, 4.69) is 39.6 Å². The zero-order chi connectivity index (χ0) is 13.6. The highest BCUT2D eigenvalue weighted by atomic mass is 14.9. The Kier molecular flexibility index (Phi) is 6.42. The molecule has 0 amide bonds. The first-order valence-electron chi connectivity index (χ1n) is 7.82. The fourth-order valence-electron chi connectivity index (χ4n) is 3.06. The summed E-state index contributed by atoms with van der Waals surface area (Å²) >= 11 is 0. The molecule has 1 unspecified atom stereocenters. The Morgan fingerprint density at radius 2 is 1.94 bits per heavy atom. The first-order chi connectivity index (χ1) is 8.44. The van der Waals surface area contributed by atoms with Gasteiger partial charge >= 0.3 is 0 Å². The van der Waals surface area contributed by atoms with E-state index in [1.165, 1.54) is 57.1 Å². The van der Waals surface area contributed by atoms with E-state index < -0.39 is 0 Å². The van der Waals surface area contributed by atoms with Crippen LogP contribution >= 0.6 is 0 Å². The highest BCUT2D eigenvalue weighted by Gasteiger charge is 2.30. The molecule has 18 heavy (non-hydrogen) atoms. The van der Waals surface area contributed by atoms with Crippen molar-refractivity contribution in [2.75, 3.05) is 6.54 Å². The number of hydrogen-bond donors (Lipinski definition) is 1. The lowest BCUT2D eigenvalue weighted by molar-refractivity contribution is 0.157. The van der Waals surface area contributed by atoms with Gasteiger partial charge < -0.3 is 5.32 Å². The third kappa shape index (κ3) is 5.56. The Hall–Kier alpha value is -0.300. The lowest BCUT2D eigenvalue weighted by Crippen LogP contribution is -2.39. The highest BCUT2D eigenvalue weighted by Crippen LogP contribution is 2.39. The molecule has 1 heteroatoms. The van der Waals surface area contributed by atoms with Crippen LogP contribution in [-0.4, -0.2) is 12.6 Å². The van der Waals surface area contributed by atoms with E-state index in [1.54, 1.807) is 0 Å². The van der Waals surface area contributed by atoms with Gasteiger partial charge in [-0.15, -0.1) is 6.58 Å². The van der Waals surface area contributed by atoms with Gasteiger partial charge in [0.05, 0.1) is 0 Å². The summed E-state index contributed by atoms with van der Waals surface area (Å²) in [6.07, 6.45) is 9.31. The molecule has 0 saturated heterocycles. The Balaban J connectivity index is 2.46. The highest BCUT2D eigenvalue weighted by molar-refractivity contribution is 4.92. The summed E-state index contributed by atoms with van der Waals surface area (Å²) in [6, 6.07) is 0.720. The van der Waals surface area contributed by atoms with Crippen molar-refractivity contribution >= 4 is 0 Å². The summed E-state index contributed by atoms with van der Waals surface area (Å²) in [5.41, 5.74) is 1.91. The van der Waals surface area contributed by atoms with Crippen LogP contribution in [-0.2, 0) is 0 Å². The molecule has 1 atom stereocenters. The lowest BCUT2D eigenvalue weighted by Gasteiger charge is -2.38. The fraction of sp³-hybridized carbons (Fsp3) is 0.882. The van der Waals surface area contributed by atoms with E-state index in [1.807, 2.05) is 0 Å². The van der Waals surface area contributed by atoms with E-state index in [9.17, 15) is 0 Å². The van der Waals surface area contributed by atoms with Gasteiger partial charge in [-0.3, -0.25) is 0 Å². The number of hydrogen-bond acceptors (Lipinski definition) is 1. The Morgan fingerprint density at radius 3 is 2.44 bits per heavy atom. The Labute approximate surface area is 114 Å². The monoisotopic (exact) mass is 251 g/mol. The summed E-state index contributed by atoms with van der Waals surface area (Å²) in [4.78, 5) is 0. The van der Waals surface area contributed by atoms with Crippen LogP contribution in [0.15, 0.2) is 12.2 Å². The van der Waals surface area contributed by atoms with E-state index in [0.29, 0.717) is 5.41 Å². The molecule has 0 spiro atoms. The lowest BCUT2D eigenvalue weighted by atomic mass is 9.70. The zero-order valence-electron chi connectivity index (χ0n) is 13.0. The van der Waals surface area contributed by atoms with Crippen molar-refractivity contribution in [3.05, 3.63) is 12.2 Å². The second-order valence-corrected chi connectivity index (χ2v) is 7.06. The predicted molar refractivity (Wildman–Crippen MR) is 81.9 cm³/mol. The molecule has 1 saturated carbocycles. The van der Waals surface area contributed by atoms with Crippen molar-refractivity contribution in [1.82, 2.24) is 5.32 Å². The molecule has 1 aliphatic rings. The van der Waals surface area contributed by atoms with Gasteiger partial charge in [0.15, 0.2) is 0 Å². The van der Waals surface area contributed by atoms with Crippen LogP contribution in [0.1, 0.15) is 72.6 Å². The summed E-state index contributed by atoms with van der Waals surface area (Å²) in [7, 11) is 0. The minimum atomic E-state index is 0.583. The molecule has 0 heterocycles. The fourth-order valence-corrected chi connectivity index (χ4v) is 3.06. The minimum absolute atomic E-state index is 0.583. The normalized spacial score (nSPS) is 21.8. The van der Waals surface area contributed by atoms with Gasteiger partial charge in [-0.1, -0.05) is 26.3 Å². The molecule has 1 nitrogen and oxygen atoms in total. The van der Waals surface area contributed by atoms with Crippen LogP contribution in [0.4, 0.5) is 0 Å². The van der Waals surface area contributed by atoms with Gasteiger partial charge in [0.1, 0.15) is 0 Å². The average Bonchev–Trinajstić information content (AvgIpc) is 2.30. The quantitative estimate of drug-likeness (QED) is 0.633. The molecular formula is C17H33N. The van der Waals surface area contributed by atoms with Crippen molar-refractivity contribution in [1.29, 1.82) is 0 Å². The number of nitrogens with one attached hydrogen (secondary N) is 1. The molecule has 0 radical (unpaired) electrons. The molecule has 1 rings (SSSR count). The van der Waals surface area contributed by atoms with E-state index in [-0.39, 0.29) is 0 Å². The molecule has 1 fully saturated rings. The Morgan fingerprint density at radius 1 is 1.33 bits per heavy atom.